The van der Waals surface area contributed by atoms with Gasteiger partial charge in [-0.25, -0.2) is 13.4 Å². The first-order valence-electron chi connectivity index (χ1n) is 7.53. The van der Waals surface area contributed by atoms with Crippen LogP contribution in [0.2, 0.25) is 0 Å². The molecule has 0 atom stereocenters. The first-order chi connectivity index (χ1) is 12.0. The predicted molar refractivity (Wildman–Crippen MR) is 97.3 cm³/mol. The van der Waals surface area contributed by atoms with Gasteiger partial charge in [0.15, 0.2) is 0 Å². The van der Waals surface area contributed by atoms with Gasteiger partial charge >= 0.3 is 0 Å². The van der Waals surface area contributed by atoms with Crippen LogP contribution in [0.4, 0.5) is 11.5 Å². The van der Waals surface area contributed by atoms with E-state index in [1.165, 1.54) is 18.2 Å². The highest BCUT2D eigenvalue weighted by Gasteiger charge is 2.15. The average Bonchev–Trinajstić information content (AvgIpc) is 2.62. The van der Waals surface area contributed by atoms with Gasteiger partial charge in [-0.3, -0.25) is 4.72 Å². The molecular weight excluding hydrogens is 338 g/mol. The van der Waals surface area contributed by atoms with Gasteiger partial charge in [-0.15, -0.1) is 0 Å². The van der Waals surface area contributed by atoms with E-state index in [0.717, 1.165) is 11.1 Å². The molecule has 0 aliphatic heterocycles. The van der Waals surface area contributed by atoms with Crippen LogP contribution >= 0.6 is 0 Å². The molecule has 0 amide bonds. The monoisotopic (exact) mass is 355 g/mol. The number of sulfonamides is 1. The second-order valence-electron chi connectivity index (χ2n) is 5.42. The van der Waals surface area contributed by atoms with Crippen molar-refractivity contribution in [1.29, 1.82) is 0 Å². The largest absolute Gasteiger partial charge is 0.399 e. The summed E-state index contributed by atoms with van der Waals surface area (Å²) in [5.74, 6) is 0.161. The number of nitrogens with one attached hydrogen (secondary N) is 1. The van der Waals surface area contributed by atoms with Crippen LogP contribution in [0.15, 0.2) is 71.6 Å². The van der Waals surface area contributed by atoms with Crippen molar-refractivity contribution >= 4 is 21.5 Å². The Morgan fingerprint density at radius 3 is 2.12 bits per heavy atom. The average molecular weight is 355 g/mol. The standard InChI is InChI=1S/C18H17N3O3S/c19-15-8-4-13(5-9-15)14-6-10-17(11-7-14)25(23,24)21-18-3-1-2-16(12-22)20-18/h1-11,22H,12,19H2,(H,20,21). The minimum absolute atomic E-state index is 0.128. The van der Waals surface area contributed by atoms with E-state index in [2.05, 4.69) is 9.71 Å². The second kappa shape index (κ2) is 6.92. The lowest BCUT2D eigenvalue weighted by Gasteiger charge is -2.09. The van der Waals surface area contributed by atoms with Gasteiger partial charge in [-0.05, 0) is 47.5 Å². The zero-order valence-electron chi connectivity index (χ0n) is 13.3. The van der Waals surface area contributed by atoms with Crippen molar-refractivity contribution in [1.82, 2.24) is 4.98 Å². The second-order valence-corrected chi connectivity index (χ2v) is 7.11. The summed E-state index contributed by atoms with van der Waals surface area (Å²) < 4.78 is 27.3. The summed E-state index contributed by atoms with van der Waals surface area (Å²) in [5, 5.41) is 9.09. The van der Waals surface area contributed by atoms with Gasteiger partial charge in [0.1, 0.15) is 5.82 Å². The molecule has 1 aromatic heterocycles. The van der Waals surface area contributed by atoms with E-state index in [4.69, 9.17) is 10.8 Å². The Morgan fingerprint density at radius 2 is 1.52 bits per heavy atom. The molecule has 3 aromatic rings. The number of benzene rings is 2. The molecule has 0 bridgehead atoms. The highest BCUT2D eigenvalue weighted by molar-refractivity contribution is 7.92. The van der Waals surface area contributed by atoms with E-state index < -0.39 is 10.0 Å². The normalized spacial score (nSPS) is 11.2. The zero-order valence-corrected chi connectivity index (χ0v) is 14.1. The topological polar surface area (TPSA) is 105 Å². The Labute approximate surface area is 146 Å². The van der Waals surface area contributed by atoms with E-state index in [9.17, 15) is 8.42 Å². The highest BCUT2D eigenvalue weighted by atomic mass is 32.2. The third kappa shape index (κ3) is 3.96. The molecule has 7 heteroatoms. The third-order valence-corrected chi connectivity index (χ3v) is 4.99. The Kier molecular flexibility index (Phi) is 4.69. The number of anilines is 2. The van der Waals surface area contributed by atoms with Crippen molar-refractivity contribution in [2.75, 3.05) is 10.5 Å². The number of nitrogen functional groups attached to an aromatic ring is 1. The minimum Gasteiger partial charge on any atom is -0.399 e. The van der Waals surface area contributed by atoms with Crippen molar-refractivity contribution in [3.63, 3.8) is 0 Å². The third-order valence-electron chi connectivity index (χ3n) is 3.62. The van der Waals surface area contributed by atoms with Crippen molar-refractivity contribution < 1.29 is 13.5 Å². The van der Waals surface area contributed by atoms with Crippen LogP contribution in [-0.2, 0) is 16.6 Å². The van der Waals surface area contributed by atoms with Gasteiger partial charge in [-0.2, -0.15) is 0 Å². The predicted octanol–water partition coefficient (Wildman–Crippen LogP) is 2.62. The van der Waals surface area contributed by atoms with Gasteiger partial charge in [0, 0.05) is 5.69 Å². The molecule has 25 heavy (non-hydrogen) atoms. The zero-order chi connectivity index (χ0) is 17.9. The van der Waals surface area contributed by atoms with Gasteiger partial charge < -0.3 is 10.8 Å². The fourth-order valence-electron chi connectivity index (χ4n) is 2.32. The number of rotatable bonds is 5. The molecule has 0 unspecified atom stereocenters. The molecule has 3 rings (SSSR count). The lowest BCUT2D eigenvalue weighted by molar-refractivity contribution is 0.277. The fraction of sp³-hybridized carbons (Fsp3) is 0.0556. The van der Waals surface area contributed by atoms with Crippen molar-refractivity contribution in [2.24, 2.45) is 0 Å². The Balaban J connectivity index is 1.83. The molecule has 0 radical (unpaired) electrons. The summed E-state index contributed by atoms with van der Waals surface area (Å²) >= 11 is 0. The first-order valence-corrected chi connectivity index (χ1v) is 9.02. The summed E-state index contributed by atoms with van der Waals surface area (Å²) in [4.78, 5) is 4.15. The van der Waals surface area contributed by atoms with Gasteiger partial charge in [0.25, 0.3) is 10.0 Å². The number of aromatic nitrogens is 1. The summed E-state index contributed by atoms with van der Waals surface area (Å²) in [6.45, 7) is -0.258. The molecule has 2 aromatic carbocycles. The number of pyridine rings is 1. The number of nitrogens with two attached hydrogens (primary N) is 1. The van der Waals surface area contributed by atoms with Gasteiger partial charge in [0.2, 0.25) is 0 Å². The molecule has 0 aliphatic rings. The molecular formula is C18H17N3O3S. The highest BCUT2D eigenvalue weighted by Crippen LogP contribution is 2.23. The number of nitrogens with zero attached hydrogens (tertiary/aromatic N) is 1. The Hall–Kier alpha value is -2.90. The molecule has 0 saturated heterocycles. The van der Waals surface area contributed by atoms with E-state index >= 15 is 0 Å². The smallest absolute Gasteiger partial charge is 0.263 e. The Morgan fingerprint density at radius 1 is 0.920 bits per heavy atom. The van der Waals surface area contributed by atoms with Gasteiger partial charge in [-0.1, -0.05) is 30.3 Å². The molecule has 0 fully saturated rings. The number of hydrogen-bond donors (Lipinski definition) is 3. The molecule has 6 nitrogen and oxygen atoms in total. The summed E-state index contributed by atoms with van der Waals surface area (Å²) in [7, 11) is -3.76. The number of aliphatic hydroxyl groups excluding tert-OH is 1. The maximum Gasteiger partial charge on any atom is 0.263 e. The quantitative estimate of drug-likeness (QED) is 0.610. The van der Waals surface area contributed by atoms with Crippen LogP contribution < -0.4 is 10.5 Å². The van der Waals surface area contributed by atoms with Crippen LogP contribution in [0.5, 0.6) is 0 Å². The van der Waals surface area contributed by atoms with Gasteiger partial charge in [0.05, 0.1) is 17.2 Å². The van der Waals surface area contributed by atoms with Crippen LogP contribution in [0.1, 0.15) is 5.69 Å². The van der Waals surface area contributed by atoms with Crippen LogP contribution in [0, 0.1) is 0 Å². The molecule has 0 spiro atoms. The van der Waals surface area contributed by atoms with Crippen molar-refractivity contribution in [2.45, 2.75) is 11.5 Å². The molecule has 1 heterocycles. The van der Waals surface area contributed by atoms with Crippen LogP contribution in [-0.4, -0.2) is 18.5 Å². The molecule has 4 N–H and O–H groups in total. The Bertz CT molecular complexity index is 969. The van der Waals surface area contributed by atoms with E-state index in [0.29, 0.717) is 11.4 Å². The fourth-order valence-corrected chi connectivity index (χ4v) is 3.32. The molecule has 0 aliphatic carbocycles. The maximum atomic E-state index is 12.5. The lowest BCUT2D eigenvalue weighted by Crippen LogP contribution is -2.14. The number of aliphatic hydroxyl groups is 1. The number of hydrogen-bond acceptors (Lipinski definition) is 5. The summed E-state index contributed by atoms with van der Waals surface area (Å²) in [5.41, 5.74) is 8.57. The first kappa shape index (κ1) is 16.9. The van der Waals surface area contributed by atoms with Crippen molar-refractivity contribution in [3.05, 3.63) is 72.4 Å². The molecule has 128 valence electrons. The van der Waals surface area contributed by atoms with E-state index in [1.54, 1.807) is 36.4 Å². The van der Waals surface area contributed by atoms with E-state index in [1.807, 2.05) is 12.1 Å². The summed E-state index contributed by atoms with van der Waals surface area (Å²) in [6.07, 6.45) is 0. The van der Waals surface area contributed by atoms with Crippen LogP contribution in [0.25, 0.3) is 11.1 Å². The van der Waals surface area contributed by atoms with Crippen LogP contribution in [0.3, 0.4) is 0 Å². The lowest BCUT2D eigenvalue weighted by atomic mass is 10.1. The minimum atomic E-state index is -3.76. The van der Waals surface area contributed by atoms with E-state index in [-0.39, 0.29) is 17.3 Å². The summed E-state index contributed by atoms with van der Waals surface area (Å²) in [6, 6.07) is 18.6. The SMILES string of the molecule is Nc1ccc(-c2ccc(S(=O)(=O)Nc3cccc(CO)n3)cc2)cc1. The molecule has 0 saturated carbocycles. The maximum absolute atomic E-state index is 12.5. The van der Waals surface area contributed by atoms with Crippen molar-refractivity contribution in [3.8, 4) is 11.1 Å².